The van der Waals surface area contributed by atoms with Gasteiger partial charge in [-0.1, -0.05) is 35.3 Å². The number of hydrogen-bond donors (Lipinski definition) is 2. The number of aryl methyl sites for hydroxylation is 1. The van der Waals surface area contributed by atoms with Crippen LogP contribution in [0.3, 0.4) is 0 Å². The molecule has 0 amide bonds. The van der Waals surface area contributed by atoms with Crippen LogP contribution in [0.4, 0.5) is 13.2 Å². The lowest BCUT2D eigenvalue weighted by Gasteiger charge is -2.28. The van der Waals surface area contributed by atoms with E-state index in [1.54, 1.807) is 32.0 Å². The van der Waals surface area contributed by atoms with Crippen molar-refractivity contribution in [3.8, 4) is 0 Å². The van der Waals surface area contributed by atoms with Gasteiger partial charge in [-0.2, -0.15) is 13.2 Å². The Hall–Kier alpha value is -1.73. The molecule has 0 saturated heterocycles. The normalized spacial score (nSPS) is 21.0. The van der Waals surface area contributed by atoms with Crippen molar-refractivity contribution in [3.05, 3.63) is 74.8 Å². The molecule has 2 N–H and O–H groups in total. The van der Waals surface area contributed by atoms with Crippen LogP contribution in [0, 0.1) is 6.92 Å². The number of aliphatic hydroxyl groups is 1. The number of alkyl halides is 3. The molecular formula is C19H16Cl2F3NO2. The number of rotatable bonds is 3. The summed E-state index contributed by atoms with van der Waals surface area (Å²) in [6.45, 7) is 3.39. The number of aliphatic hydroxyl groups excluding tert-OH is 1. The van der Waals surface area contributed by atoms with Gasteiger partial charge >= 0.3 is 6.18 Å². The van der Waals surface area contributed by atoms with E-state index < -0.39 is 17.9 Å². The lowest BCUT2D eigenvalue weighted by Crippen LogP contribution is -2.42. The molecule has 144 valence electrons. The zero-order valence-electron chi connectivity index (χ0n) is 14.4. The van der Waals surface area contributed by atoms with Gasteiger partial charge in [0.2, 0.25) is 5.60 Å². The summed E-state index contributed by atoms with van der Waals surface area (Å²) in [7, 11) is 0. The van der Waals surface area contributed by atoms with Gasteiger partial charge in [0.05, 0.1) is 11.8 Å². The summed E-state index contributed by atoms with van der Waals surface area (Å²) in [5, 5.41) is 9.87. The molecule has 0 radical (unpaired) electrons. The van der Waals surface area contributed by atoms with Crippen molar-refractivity contribution in [2.45, 2.75) is 31.7 Å². The molecule has 0 spiro atoms. The molecule has 0 aromatic heterocycles. The molecule has 0 saturated carbocycles. The molecule has 0 fully saturated rings. The first-order valence-electron chi connectivity index (χ1n) is 8.02. The molecule has 2 unspecified atom stereocenters. The fourth-order valence-corrected chi connectivity index (χ4v) is 3.59. The molecular weight excluding hydrogens is 402 g/mol. The van der Waals surface area contributed by atoms with Gasteiger partial charge in [-0.3, -0.25) is 10.3 Å². The quantitative estimate of drug-likeness (QED) is 0.673. The average Bonchev–Trinajstić information content (AvgIpc) is 3.00. The van der Waals surface area contributed by atoms with Crippen molar-refractivity contribution in [1.82, 2.24) is 5.48 Å². The third-order valence-electron chi connectivity index (χ3n) is 4.41. The van der Waals surface area contributed by atoms with Crippen LogP contribution in [0.25, 0.3) is 5.70 Å². The van der Waals surface area contributed by atoms with Crippen LogP contribution < -0.4 is 5.48 Å². The summed E-state index contributed by atoms with van der Waals surface area (Å²) in [5.41, 5.74) is 1.52. The molecule has 2 aromatic rings. The van der Waals surface area contributed by atoms with E-state index in [4.69, 9.17) is 28.0 Å². The van der Waals surface area contributed by atoms with Gasteiger partial charge in [0.1, 0.15) is 0 Å². The Labute approximate surface area is 164 Å². The maximum absolute atomic E-state index is 14.0. The molecule has 3 rings (SSSR count). The lowest BCUT2D eigenvalue weighted by atomic mass is 9.91. The van der Waals surface area contributed by atoms with Gasteiger partial charge < -0.3 is 5.11 Å². The minimum Gasteiger partial charge on any atom is -0.389 e. The first kappa shape index (κ1) is 20.0. The van der Waals surface area contributed by atoms with Crippen LogP contribution in [0.5, 0.6) is 0 Å². The Morgan fingerprint density at radius 2 is 1.74 bits per heavy atom. The van der Waals surface area contributed by atoms with Crippen molar-refractivity contribution < 1.29 is 23.1 Å². The van der Waals surface area contributed by atoms with Crippen LogP contribution in [0.2, 0.25) is 10.0 Å². The Morgan fingerprint density at radius 1 is 1.11 bits per heavy atom. The fourth-order valence-electron chi connectivity index (χ4n) is 3.07. The summed E-state index contributed by atoms with van der Waals surface area (Å²) in [6.07, 6.45) is -4.47. The highest BCUT2D eigenvalue weighted by atomic mass is 35.5. The van der Waals surface area contributed by atoms with Gasteiger partial charge in [0.15, 0.2) is 0 Å². The van der Waals surface area contributed by atoms with Gasteiger partial charge in [-0.15, -0.1) is 0 Å². The molecule has 0 bridgehead atoms. The van der Waals surface area contributed by atoms with E-state index in [9.17, 15) is 18.3 Å². The second kappa shape index (κ2) is 7.02. The van der Waals surface area contributed by atoms with E-state index in [1.807, 2.05) is 0 Å². The van der Waals surface area contributed by atoms with E-state index in [1.165, 1.54) is 18.2 Å². The van der Waals surface area contributed by atoms with Crippen molar-refractivity contribution in [2.75, 3.05) is 0 Å². The third-order valence-corrected chi connectivity index (χ3v) is 4.85. The molecule has 8 heteroatoms. The van der Waals surface area contributed by atoms with Gasteiger partial charge in [0.25, 0.3) is 0 Å². The zero-order chi connectivity index (χ0) is 20.0. The molecule has 2 aromatic carbocycles. The number of halogens is 5. The number of nitrogens with one attached hydrogen (secondary N) is 1. The Bertz CT molecular complexity index is 892. The summed E-state index contributed by atoms with van der Waals surface area (Å²) < 4.78 is 41.9. The van der Waals surface area contributed by atoms with E-state index in [0.717, 1.165) is 11.6 Å². The SMILES string of the molecule is Cc1cc(C2=CC(c3cc(Cl)cc(Cl)c3)(C(F)(F)F)ON2)ccc1C(C)O. The van der Waals surface area contributed by atoms with E-state index in [0.29, 0.717) is 11.1 Å². The fraction of sp³-hybridized carbons (Fsp3) is 0.263. The van der Waals surface area contributed by atoms with Gasteiger partial charge in [0, 0.05) is 15.6 Å². The molecule has 27 heavy (non-hydrogen) atoms. The van der Waals surface area contributed by atoms with Crippen molar-refractivity contribution in [3.63, 3.8) is 0 Å². The lowest BCUT2D eigenvalue weighted by molar-refractivity contribution is -0.269. The smallest absolute Gasteiger partial charge is 0.389 e. The Balaban J connectivity index is 2.11. The minimum absolute atomic E-state index is 0.0729. The second-order valence-electron chi connectivity index (χ2n) is 6.40. The van der Waals surface area contributed by atoms with Gasteiger partial charge in [-0.25, -0.2) is 0 Å². The van der Waals surface area contributed by atoms with Gasteiger partial charge in [-0.05, 0) is 60.9 Å². The first-order valence-corrected chi connectivity index (χ1v) is 8.78. The number of hydroxylamine groups is 1. The first-order chi connectivity index (χ1) is 12.5. The molecule has 1 aliphatic rings. The summed E-state index contributed by atoms with van der Waals surface area (Å²) in [5.74, 6) is 0. The van der Waals surface area contributed by atoms with E-state index in [2.05, 4.69) is 5.48 Å². The summed E-state index contributed by atoms with van der Waals surface area (Å²) in [6, 6.07) is 8.66. The van der Waals surface area contributed by atoms with Crippen LogP contribution in [0.1, 0.15) is 35.3 Å². The molecule has 1 aliphatic heterocycles. The highest BCUT2D eigenvalue weighted by molar-refractivity contribution is 6.34. The standard InChI is InChI=1S/C19H16Cl2F3NO2/c1-10-5-12(3-4-16(10)11(2)26)17-9-18(27-25-17,19(22,23)24)13-6-14(20)8-15(21)7-13/h3-9,11,25-26H,1-2H3. The third kappa shape index (κ3) is 3.67. The number of hydrogen-bond acceptors (Lipinski definition) is 3. The van der Waals surface area contributed by atoms with E-state index in [-0.39, 0.29) is 21.3 Å². The zero-order valence-corrected chi connectivity index (χ0v) is 15.9. The predicted octanol–water partition coefficient (Wildman–Crippen LogP) is 5.69. The monoisotopic (exact) mass is 417 g/mol. The van der Waals surface area contributed by atoms with Crippen LogP contribution in [-0.4, -0.2) is 11.3 Å². The van der Waals surface area contributed by atoms with Crippen molar-refractivity contribution >= 4 is 28.9 Å². The Kier molecular flexibility index (Phi) is 5.20. The largest absolute Gasteiger partial charge is 0.428 e. The summed E-state index contributed by atoms with van der Waals surface area (Å²) >= 11 is 11.8. The van der Waals surface area contributed by atoms with Crippen LogP contribution in [-0.2, 0) is 10.4 Å². The van der Waals surface area contributed by atoms with Crippen LogP contribution in [0.15, 0.2) is 42.5 Å². The minimum atomic E-state index is -4.76. The highest BCUT2D eigenvalue weighted by Crippen LogP contribution is 2.48. The second-order valence-corrected chi connectivity index (χ2v) is 7.27. The molecule has 2 atom stereocenters. The molecule has 0 aliphatic carbocycles. The van der Waals surface area contributed by atoms with Crippen molar-refractivity contribution in [2.24, 2.45) is 0 Å². The maximum atomic E-state index is 14.0. The summed E-state index contributed by atoms with van der Waals surface area (Å²) in [4.78, 5) is 5.05. The number of benzene rings is 2. The van der Waals surface area contributed by atoms with E-state index >= 15 is 0 Å². The average molecular weight is 418 g/mol. The predicted molar refractivity (Wildman–Crippen MR) is 98.2 cm³/mol. The van der Waals surface area contributed by atoms with Crippen molar-refractivity contribution in [1.29, 1.82) is 0 Å². The van der Waals surface area contributed by atoms with Crippen LogP contribution >= 0.6 is 23.2 Å². The topological polar surface area (TPSA) is 41.5 Å². The molecule has 3 nitrogen and oxygen atoms in total. The molecule has 1 heterocycles. The Morgan fingerprint density at radius 3 is 2.26 bits per heavy atom. The highest BCUT2D eigenvalue weighted by Gasteiger charge is 2.59. The maximum Gasteiger partial charge on any atom is 0.428 e.